The maximum atomic E-state index is 11.8. The normalized spacial score (nSPS) is 20.8. The van der Waals surface area contributed by atoms with Crippen LogP contribution in [0.3, 0.4) is 0 Å². The third-order valence-electron chi connectivity index (χ3n) is 2.34. The van der Waals surface area contributed by atoms with E-state index in [1.807, 2.05) is 19.1 Å². The molecule has 0 unspecified atom stereocenters. The molecule has 1 aliphatic rings. The lowest BCUT2D eigenvalue weighted by Crippen LogP contribution is -2.31. The van der Waals surface area contributed by atoms with Crippen molar-refractivity contribution in [2.24, 2.45) is 4.99 Å². The summed E-state index contributed by atoms with van der Waals surface area (Å²) in [5.74, 6) is 0.803. The van der Waals surface area contributed by atoms with Gasteiger partial charge in [0, 0.05) is 12.8 Å². The number of aliphatic imine (C=N–C) groups is 1. The first-order valence-electron chi connectivity index (χ1n) is 5.26. The zero-order valence-electron chi connectivity index (χ0n) is 9.33. The van der Waals surface area contributed by atoms with Gasteiger partial charge in [0.15, 0.2) is 0 Å². The molecule has 1 aromatic heterocycles. The number of carbonyl (C=O) groups is 1. The molecule has 4 nitrogen and oxygen atoms in total. The van der Waals surface area contributed by atoms with Gasteiger partial charge >= 0.3 is 0 Å². The van der Waals surface area contributed by atoms with E-state index in [0.29, 0.717) is 17.4 Å². The highest BCUT2D eigenvalue weighted by Gasteiger charge is 2.34. The van der Waals surface area contributed by atoms with E-state index in [0.717, 1.165) is 5.76 Å². The summed E-state index contributed by atoms with van der Waals surface area (Å²) in [6, 6.07) is 3.66. The van der Waals surface area contributed by atoms with Gasteiger partial charge in [-0.1, -0.05) is 24.0 Å². The van der Waals surface area contributed by atoms with Crippen LogP contribution >= 0.6 is 24.0 Å². The molecule has 1 aromatic rings. The van der Waals surface area contributed by atoms with Gasteiger partial charge in [-0.25, -0.2) is 0 Å². The fraction of sp³-hybridized carbons (Fsp3) is 0.364. The SMILES string of the molecule is CCN1C(=O)[C@H](C=NCc2ccco2)SC1=S. The number of amides is 1. The van der Waals surface area contributed by atoms with E-state index in [1.165, 1.54) is 11.8 Å². The van der Waals surface area contributed by atoms with E-state index >= 15 is 0 Å². The molecule has 2 heterocycles. The van der Waals surface area contributed by atoms with E-state index < -0.39 is 0 Å². The molecular formula is C11H12N2O2S2. The molecule has 0 N–H and O–H groups in total. The number of thioether (sulfide) groups is 1. The molecule has 1 atom stereocenters. The Morgan fingerprint density at radius 3 is 3.12 bits per heavy atom. The van der Waals surface area contributed by atoms with Gasteiger partial charge in [0.05, 0.1) is 12.8 Å². The molecule has 2 rings (SSSR count). The molecule has 17 heavy (non-hydrogen) atoms. The number of furan rings is 1. The van der Waals surface area contributed by atoms with E-state index in [4.69, 9.17) is 16.6 Å². The van der Waals surface area contributed by atoms with Crippen molar-refractivity contribution in [2.75, 3.05) is 6.54 Å². The van der Waals surface area contributed by atoms with Gasteiger partial charge in [-0.15, -0.1) is 0 Å². The Bertz CT molecular complexity index is 442. The van der Waals surface area contributed by atoms with Gasteiger partial charge in [0.2, 0.25) is 5.91 Å². The second-order valence-corrected chi connectivity index (χ2v) is 5.23. The summed E-state index contributed by atoms with van der Waals surface area (Å²) in [6.45, 7) is 2.98. The smallest absolute Gasteiger partial charge is 0.247 e. The minimum absolute atomic E-state index is 0.0192. The van der Waals surface area contributed by atoms with Crippen LogP contribution in [0, 0.1) is 0 Å². The predicted octanol–water partition coefficient (Wildman–Crippen LogP) is 2.10. The summed E-state index contributed by atoms with van der Waals surface area (Å²) in [5, 5.41) is -0.280. The van der Waals surface area contributed by atoms with Crippen LogP contribution in [0.5, 0.6) is 0 Å². The third kappa shape index (κ3) is 2.76. The number of rotatable bonds is 4. The van der Waals surface area contributed by atoms with Crippen LogP contribution in [0.2, 0.25) is 0 Å². The van der Waals surface area contributed by atoms with Gasteiger partial charge in [0.1, 0.15) is 15.3 Å². The predicted molar refractivity (Wildman–Crippen MR) is 72.3 cm³/mol. The lowest BCUT2D eigenvalue weighted by atomic mass is 10.4. The van der Waals surface area contributed by atoms with Crippen LogP contribution in [0.1, 0.15) is 12.7 Å². The summed E-state index contributed by atoms with van der Waals surface area (Å²) in [4.78, 5) is 17.6. The van der Waals surface area contributed by atoms with Crippen molar-refractivity contribution in [3.8, 4) is 0 Å². The topological polar surface area (TPSA) is 45.8 Å². The number of nitrogens with zero attached hydrogens (tertiary/aromatic N) is 2. The van der Waals surface area contributed by atoms with Crippen LogP contribution in [-0.2, 0) is 11.3 Å². The van der Waals surface area contributed by atoms with Crippen molar-refractivity contribution >= 4 is 40.4 Å². The summed E-state index contributed by atoms with van der Waals surface area (Å²) >= 11 is 6.48. The molecule has 0 aromatic carbocycles. The lowest BCUT2D eigenvalue weighted by molar-refractivity contribution is -0.124. The highest BCUT2D eigenvalue weighted by Crippen LogP contribution is 2.25. The van der Waals surface area contributed by atoms with Crippen molar-refractivity contribution in [1.29, 1.82) is 0 Å². The van der Waals surface area contributed by atoms with Crippen LogP contribution in [0.15, 0.2) is 27.8 Å². The standard InChI is InChI=1S/C11H12N2O2S2/c1-2-13-10(14)9(17-11(13)16)7-12-6-8-4-3-5-15-8/h3-5,7,9H,2,6H2,1H3/t9-/m0/s1. The Balaban J connectivity index is 1.94. The van der Waals surface area contributed by atoms with E-state index in [1.54, 1.807) is 17.4 Å². The Kier molecular flexibility index (Phi) is 3.96. The Morgan fingerprint density at radius 2 is 2.53 bits per heavy atom. The molecule has 0 aliphatic carbocycles. The zero-order chi connectivity index (χ0) is 12.3. The minimum Gasteiger partial charge on any atom is -0.467 e. The van der Waals surface area contributed by atoms with Gasteiger partial charge < -0.3 is 4.42 Å². The van der Waals surface area contributed by atoms with Gasteiger partial charge in [-0.3, -0.25) is 14.7 Å². The minimum atomic E-state index is -0.280. The fourth-order valence-electron chi connectivity index (χ4n) is 1.49. The summed E-state index contributed by atoms with van der Waals surface area (Å²) in [5.41, 5.74) is 0. The Morgan fingerprint density at radius 1 is 1.71 bits per heavy atom. The number of carbonyl (C=O) groups excluding carboxylic acids is 1. The Labute approximate surface area is 109 Å². The first-order valence-corrected chi connectivity index (χ1v) is 6.55. The largest absolute Gasteiger partial charge is 0.467 e. The maximum Gasteiger partial charge on any atom is 0.247 e. The van der Waals surface area contributed by atoms with E-state index in [2.05, 4.69) is 4.99 Å². The second-order valence-electron chi connectivity index (χ2n) is 3.46. The molecule has 1 amide bonds. The number of hydrogen-bond donors (Lipinski definition) is 0. The average Bonchev–Trinajstić information content (AvgIpc) is 2.89. The summed E-state index contributed by atoms with van der Waals surface area (Å²) < 4.78 is 5.78. The molecule has 1 fully saturated rings. The maximum absolute atomic E-state index is 11.8. The van der Waals surface area contributed by atoms with E-state index in [-0.39, 0.29) is 11.2 Å². The first kappa shape index (κ1) is 12.3. The average molecular weight is 268 g/mol. The van der Waals surface area contributed by atoms with Gasteiger partial charge in [-0.2, -0.15) is 0 Å². The fourth-order valence-corrected chi connectivity index (χ4v) is 2.95. The van der Waals surface area contributed by atoms with Crippen LogP contribution in [0.25, 0.3) is 0 Å². The molecule has 6 heteroatoms. The van der Waals surface area contributed by atoms with Crippen molar-refractivity contribution < 1.29 is 9.21 Å². The lowest BCUT2D eigenvalue weighted by Gasteiger charge is -2.10. The molecule has 0 bridgehead atoms. The summed E-state index contributed by atoms with van der Waals surface area (Å²) in [7, 11) is 0. The number of thiocarbonyl (C=S) groups is 1. The molecule has 1 saturated heterocycles. The van der Waals surface area contributed by atoms with Gasteiger partial charge in [0.25, 0.3) is 0 Å². The highest BCUT2D eigenvalue weighted by atomic mass is 32.2. The van der Waals surface area contributed by atoms with Gasteiger partial charge in [-0.05, 0) is 19.1 Å². The molecular weight excluding hydrogens is 256 g/mol. The molecule has 1 aliphatic heterocycles. The highest BCUT2D eigenvalue weighted by molar-refractivity contribution is 8.24. The van der Waals surface area contributed by atoms with Crippen LogP contribution in [0.4, 0.5) is 0 Å². The molecule has 0 radical (unpaired) electrons. The van der Waals surface area contributed by atoms with E-state index in [9.17, 15) is 4.79 Å². The van der Waals surface area contributed by atoms with Crippen molar-refractivity contribution in [3.63, 3.8) is 0 Å². The van der Waals surface area contributed by atoms with Crippen LogP contribution < -0.4 is 0 Å². The quantitative estimate of drug-likeness (QED) is 0.619. The third-order valence-corrected chi connectivity index (χ3v) is 3.85. The molecule has 90 valence electrons. The Hall–Kier alpha value is -1.14. The zero-order valence-corrected chi connectivity index (χ0v) is 11.0. The monoisotopic (exact) mass is 268 g/mol. The molecule has 0 saturated carbocycles. The van der Waals surface area contributed by atoms with Crippen molar-refractivity contribution in [1.82, 2.24) is 4.90 Å². The van der Waals surface area contributed by atoms with Crippen molar-refractivity contribution in [2.45, 2.75) is 18.7 Å². The van der Waals surface area contributed by atoms with Crippen molar-refractivity contribution in [3.05, 3.63) is 24.2 Å². The van der Waals surface area contributed by atoms with Crippen LogP contribution in [-0.4, -0.2) is 33.1 Å². The molecule has 0 spiro atoms. The summed E-state index contributed by atoms with van der Waals surface area (Å²) in [6.07, 6.45) is 3.26. The second kappa shape index (κ2) is 5.46. The number of hydrogen-bond acceptors (Lipinski definition) is 5. The first-order chi connectivity index (χ1) is 8.22.